The summed E-state index contributed by atoms with van der Waals surface area (Å²) in [4.78, 5) is 15.4. The number of pyridine rings is 1. The number of fused-ring (bicyclic) bond motifs is 1. The minimum absolute atomic E-state index is 0.0200. The maximum absolute atomic E-state index is 11.2. The zero-order valence-corrected chi connectivity index (χ0v) is 10.5. The van der Waals surface area contributed by atoms with Crippen LogP contribution in [0.15, 0.2) is 48.5 Å². The van der Waals surface area contributed by atoms with Crippen molar-refractivity contribution in [3.63, 3.8) is 0 Å². The lowest BCUT2D eigenvalue weighted by Crippen LogP contribution is -1.97. The molecule has 0 saturated carbocycles. The lowest BCUT2D eigenvalue weighted by atomic mass is 10.1. The van der Waals surface area contributed by atoms with E-state index in [0.717, 1.165) is 5.56 Å². The summed E-state index contributed by atoms with van der Waals surface area (Å²) in [6.07, 6.45) is 0.451. The normalized spacial score (nSPS) is 10.8. The van der Waals surface area contributed by atoms with Gasteiger partial charge >= 0.3 is 5.97 Å². The fourth-order valence-corrected chi connectivity index (χ4v) is 2.24. The number of nitrogens with zero attached hydrogens (tertiary/aromatic N) is 2. The Labute approximate surface area is 114 Å². The van der Waals surface area contributed by atoms with Gasteiger partial charge in [-0.15, -0.1) is 0 Å². The van der Waals surface area contributed by atoms with Crippen molar-refractivity contribution in [1.29, 1.82) is 0 Å². The van der Waals surface area contributed by atoms with Gasteiger partial charge < -0.3 is 10.2 Å². The summed E-state index contributed by atoms with van der Waals surface area (Å²) >= 11 is 0. The van der Waals surface area contributed by atoms with Gasteiger partial charge in [-0.05, 0) is 17.7 Å². The second kappa shape index (κ2) is 4.70. The molecule has 2 aromatic heterocycles. The Morgan fingerprint density at radius 2 is 1.85 bits per heavy atom. The van der Waals surface area contributed by atoms with Crippen molar-refractivity contribution in [1.82, 2.24) is 9.38 Å². The second-order valence-corrected chi connectivity index (χ2v) is 4.45. The van der Waals surface area contributed by atoms with Crippen molar-refractivity contribution in [2.75, 3.05) is 0 Å². The van der Waals surface area contributed by atoms with Gasteiger partial charge in [0.2, 0.25) is 0 Å². The number of carboxylic acid groups (broad SMARTS) is 1. The molecule has 5 nitrogen and oxygen atoms in total. The zero-order valence-electron chi connectivity index (χ0n) is 10.5. The summed E-state index contributed by atoms with van der Waals surface area (Å²) in [6.45, 7) is 0. The predicted octanol–water partition coefficient (Wildman–Crippen LogP) is 2.33. The number of aromatic hydroxyl groups is 1. The van der Waals surface area contributed by atoms with Crippen LogP contribution in [0, 0.1) is 0 Å². The third-order valence-electron chi connectivity index (χ3n) is 3.12. The molecular weight excluding hydrogens is 256 g/mol. The third kappa shape index (κ3) is 1.99. The molecule has 2 heterocycles. The average molecular weight is 268 g/mol. The van der Waals surface area contributed by atoms with Gasteiger partial charge in [0.15, 0.2) is 11.6 Å². The highest BCUT2D eigenvalue weighted by atomic mass is 16.4. The Kier molecular flexibility index (Phi) is 2.87. The van der Waals surface area contributed by atoms with Gasteiger partial charge in [0, 0.05) is 6.42 Å². The van der Waals surface area contributed by atoms with E-state index in [9.17, 15) is 15.0 Å². The van der Waals surface area contributed by atoms with Gasteiger partial charge in [0.25, 0.3) is 0 Å². The fourth-order valence-electron chi connectivity index (χ4n) is 2.24. The molecule has 3 aromatic rings. The van der Waals surface area contributed by atoms with Crippen molar-refractivity contribution in [2.24, 2.45) is 0 Å². The molecule has 1 aromatic carbocycles. The number of carboxylic acids is 1. The van der Waals surface area contributed by atoms with Crippen LogP contribution in [0.1, 0.15) is 21.9 Å². The van der Waals surface area contributed by atoms with Crippen molar-refractivity contribution >= 4 is 11.5 Å². The average Bonchev–Trinajstić information content (AvgIpc) is 2.80. The quantitative estimate of drug-likeness (QED) is 0.764. The first-order valence-electron chi connectivity index (χ1n) is 6.13. The first-order chi connectivity index (χ1) is 9.66. The molecule has 20 heavy (non-hydrogen) atoms. The lowest BCUT2D eigenvalue weighted by Gasteiger charge is -2.03. The van der Waals surface area contributed by atoms with Crippen LogP contribution in [0.5, 0.6) is 5.88 Å². The molecular formula is C15H12N2O3. The summed E-state index contributed by atoms with van der Waals surface area (Å²) in [5, 5.41) is 19.2. The highest BCUT2D eigenvalue weighted by molar-refractivity contribution is 5.93. The van der Waals surface area contributed by atoms with Crippen molar-refractivity contribution in [3.8, 4) is 5.88 Å². The minimum Gasteiger partial charge on any atom is -0.494 e. The van der Waals surface area contributed by atoms with Crippen molar-refractivity contribution in [3.05, 3.63) is 65.6 Å². The number of carbonyl (C=O) groups is 1. The van der Waals surface area contributed by atoms with Crippen LogP contribution in [0.3, 0.4) is 0 Å². The molecule has 0 bridgehead atoms. The van der Waals surface area contributed by atoms with E-state index in [-0.39, 0.29) is 11.6 Å². The molecule has 100 valence electrons. The number of hydrogen-bond acceptors (Lipinski definition) is 3. The largest absolute Gasteiger partial charge is 0.494 e. The van der Waals surface area contributed by atoms with Gasteiger partial charge in [-0.3, -0.25) is 4.40 Å². The maximum atomic E-state index is 11.2. The van der Waals surface area contributed by atoms with Crippen LogP contribution in [-0.2, 0) is 6.42 Å². The molecule has 0 aliphatic rings. The number of aromatic nitrogens is 2. The van der Waals surface area contributed by atoms with Gasteiger partial charge in [-0.1, -0.05) is 36.4 Å². The van der Waals surface area contributed by atoms with E-state index in [2.05, 4.69) is 4.98 Å². The Morgan fingerprint density at radius 3 is 2.55 bits per heavy atom. The molecule has 0 radical (unpaired) electrons. The third-order valence-corrected chi connectivity index (χ3v) is 3.12. The Balaban J connectivity index is 2.18. The number of benzene rings is 1. The van der Waals surface area contributed by atoms with Gasteiger partial charge in [0.1, 0.15) is 5.82 Å². The molecule has 0 atom stereocenters. The molecule has 0 amide bonds. The minimum atomic E-state index is -1.10. The first kappa shape index (κ1) is 12.2. The molecule has 0 saturated heterocycles. The summed E-state index contributed by atoms with van der Waals surface area (Å²) in [5.41, 5.74) is 1.34. The van der Waals surface area contributed by atoms with Gasteiger partial charge in [0.05, 0.1) is 5.52 Å². The van der Waals surface area contributed by atoms with Crippen molar-refractivity contribution < 1.29 is 15.0 Å². The molecule has 2 N–H and O–H groups in total. The molecule has 0 spiro atoms. The second-order valence-electron chi connectivity index (χ2n) is 4.45. The maximum Gasteiger partial charge on any atom is 0.356 e. The molecule has 5 heteroatoms. The van der Waals surface area contributed by atoms with E-state index in [0.29, 0.717) is 17.8 Å². The molecule has 3 rings (SSSR count). The van der Waals surface area contributed by atoms with Crippen molar-refractivity contribution in [2.45, 2.75) is 6.42 Å². The van der Waals surface area contributed by atoms with E-state index < -0.39 is 5.97 Å². The lowest BCUT2D eigenvalue weighted by molar-refractivity contribution is 0.0693. The smallest absolute Gasteiger partial charge is 0.356 e. The van der Waals surface area contributed by atoms with Crippen LogP contribution >= 0.6 is 0 Å². The van der Waals surface area contributed by atoms with Gasteiger partial charge in [-0.25, -0.2) is 9.78 Å². The zero-order chi connectivity index (χ0) is 14.1. The van der Waals surface area contributed by atoms with Gasteiger partial charge in [-0.2, -0.15) is 0 Å². The Bertz CT molecular complexity index is 778. The van der Waals surface area contributed by atoms with E-state index in [1.807, 2.05) is 30.3 Å². The molecule has 0 unspecified atom stereocenters. The number of rotatable bonds is 3. The van der Waals surface area contributed by atoms with Crippen LogP contribution in [0.4, 0.5) is 0 Å². The summed E-state index contributed by atoms with van der Waals surface area (Å²) < 4.78 is 1.47. The number of hydrogen-bond donors (Lipinski definition) is 2. The Morgan fingerprint density at radius 1 is 1.10 bits per heavy atom. The SMILES string of the molecule is O=C(O)c1nc(Cc2ccccc2)n2c(O)cccc12. The molecule has 0 aliphatic carbocycles. The highest BCUT2D eigenvalue weighted by Gasteiger charge is 2.18. The van der Waals surface area contributed by atoms with E-state index >= 15 is 0 Å². The number of aromatic carboxylic acids is 1. The predicted molar refractivity (Wildman–Crippen MR) is 73.1 cm³/mol. The first-order valence-corrected chi connectivity index (χ1v) is 6.13. The van der Waals surface area contributed by atoms with Crippen LogP contribution in [0.25, 0.3) is 5.52 Å². The van der Waals surface area contributed by atoms with E-state index in [1.165, 1.54) is 10.5 Å². The standard InChI is InChI=1S/C15H12N2O3/c18-13-8-4-7-11-14(15(19)20)16-12(17(11)13)9-10-5-2-1-3-6-10/h1-8,18H,9H2,(H,19,20). The molecule has 0 aliphatic heterocycles. The topological polar surface area (TPSA) is 74.8 Å². The molecule has 0 fully saturated rings. The summed E-state index contributed by atoms with van der Waals surface area (Å²) in [6, 6.07) is 14.3. The van der Waals surface area contributed by atoms with Crippen LogP contribution < -0.4 is 0 Å². The van der Waals surface area contributed by atoms with E-state index in [4.69, 9.17) is 0 Å². The van der Waals surface area contributed by atoms with Crippen LogP contribution in [0.2, 0.25) is 0 Å². The Hall–Kier alpha value is -2.82. The van der Waals surface area contributed by atoms with Crippen LogP contribution in [-0.4, -0.2) is 25.6 Å². The summed E-state index contributed by atoms with van der Waals surface area (Å²) in [5.74, 6) is -0.623. The highest BCUT2D eigenvalue weighted by Crippen LogP contribution is 2.21. The fraction of sp³-hybridized carbons (Fsp3) is 0.0667. The monoisotopic (exact) mass is 268 g/mol. The van der Waals surface area contributed by atoms with E-state index in [1.54, 1.807) is 12.1 Å². The summed E-state index contributed by atoms with van der Waals surface area (Å²) in [7, 11) is 0. The number of imidazole rings is 1.